The third kappa shape index (κ3) is 8.64. The van der Waals surface area contributed by atoms with E-state index in [9.17, 15) is 0 Å². The summed E-state index contributed by atoms with van der Waals surface area (Å²) in [6, 6.07) is 20.8. The molecule has 0 spiro atoms. The van der Waals surface area contributed by atoms with Crippen LogP contribution in [0.15, 0.2) is 73.3 Å². The summed E-state index contributed by atoms with van der Waals surface area (Å²) in [5, 5.41) is 0.0945. The van der Waals surface area contributed by atoms with Gasteiger partial charge >= 0.3 is 0 Å². The summed E-state index contributed by atoms with van der Waals surface area (Å²) in [6.07, 6.45) is 6.11. The Morgan fingerprint density at radius 3 is 2.14 bits per heavy atom. The molecule has 2 aromatic rings. The van der Waals surface area contributed by atoms with Crippen molar-refractivity contribution in [3.05, 3.63) is 84.4 Å². The van der Waals surface area contributed by atoms with Crippen molar-refractivity contribution in [2.45, 2.75) is 134 Å². The molecule has 0 N–H and O–H groups in total. The summed E-state index contributed by atoms with van der Waals surface area (Å²) in [4.78, 5) is 0. The maximum atomic E-state index is 7.26. The zero-order valence-corrected chi connectivity index (χ0v) is 28.1. The fourth-order valence-electron chi connectivity index (χ4n) is 5.68. The Kier molecular flexibility index (Phi) is 10.9. The van der Waals surface area contributed by atoms with Crippen LogP contribution in [0.4, 0.5) is 0 Å². The SMILES string of the molecule is C=C[C@@]1(C)O[C@@H]1C[C@@H]1O[C@H](CCCOCc2ccccc2)[C@@H](OCc2ccccc2)CC[C@@]1(C)O[Si](C)(C)C(C)(C)C. The van der Waals surface area contributed by atoms with Crippen LogP contribution in [0.25, 0.3) is 0 Å². The Balaban J connectivity index is 1.51. The normalized spacial score (nSPS) is 30.1. The predicted octanol–water partition coefficient (Wildman–Crippen LogP) is 8.63. The fraction of sp³-hybridized carbons (Fsp3) is 0.611. The van der Waals surface area contributed by atoms with Crippen molar-refractivity contribution in [2.24, 2.45) is 0 Å². The predicted molar refractivity (Wildman–Crippen MR) is 173 cm³/mol. The minimum atomic E-state index is -2.09. The van der Waals surface area contributed by atoms with Gasteiger partial charge in [0.15, 0.2) is 8.32 Å². The maximum absolute atomic E-state index is 7.26. The average Bonchev–Trinajstić information content (AvgIpc) is 3.63. The Morgan fingerprint density at radius 1 is 0.952 bits per heavy atom. The van der Waals surface area contributed by atoms with Gasteiger partial charge in [-0.3, -0.25) is 0 Å². The molecule has 2 aromatic carbocycles. The molecule has 0 saturated carbocycles. The molecular formula is C36H54O5Si. The maximum Gasteiger partial charge on any atom is 0.192 e. The topological polar surface area (TPSA) is 49.5 Å². The van der Waals surface area contributed by atoms with E-state index in [1.165, 1.54) is 11.1 Å². The zero-order chi connectivity index (χ0) is 30.4. The van der Waals surface area contributed by atoms with Gasteiger partial charge in [-0.2, -0.15) is 0 Å². The molecule has 4 rings (SSSR count). The molecule has 5 nitrogen and oxygen atoms in total. The number of epoxide rings is 1. The first-order valence-electron chi connectivity index (χ1n) is 15.8. The van der Waals surface area contributed by atoms with Crippen molar-refractivity contribution in [3.8, 4) is 0 Å². The van der Waals surface area contributed by atoms with Crippen molar-refractivity contribution in [1.82, 2.24) is 0 Å². The zero-order valence-electron chi connectivity index (χ0n) is 27.1. The van der Waals surface area contributed by atoms with Crippen molar-refractivity contribution in [3.63, 3.8) is 0 Å². The van der Waals surface area contributed by atoms with E-state index in [1.807, 2.05) is 18.2 Å². The van der Waals surface area contributed by atoms with E-state index in [1.54, 1.807) is 0 Å². The standard InChI is InChI=1S/C36H54O5Si/c1-9-35(5)33(40-35)25-32-36(6,41-42(7,8)34(2,3)4)23-22-30(38-27-29-19-14-11-15-20-29)31(39-32)21-16-24-37-26-28-17-12-10-13-18-28/h9-15,17-20,30-33H,1,16,21-27H2,2-8H3/t30-,31+,32-,33+,35+,36+/m0/s1. The monoisotopic (exact) mass is 594 g/mol. The summed E-state index contributed by atoms with van der Waals surface area (Å²) in [5.41, 5.74) is 1.64. The molecule has 0 radical (unpaired) electrons. The molecule has 0 aromatic heterocycles. The molecule has 2 fully saturated rings. The Hall–Kier alpha value is -1.80. The van der Waals surface area contributed by atoms with Crippen LogP contribution in [0.5, 0.6) is 0 Å². The highest BCUT2D eigenvalue weighted by atomic mass is 28.4. The van der Waals surface area contributed by atoms with Gasteiger partial charge in [0.2, 0.25) is 0 Å². The van der Waals surface area contributed by atoms with E-state index in [0.717, 1.165) is 32.1 Å². The summed E-state index contributed by atoms with van der Waals surface area (Å²) in [7, 11) is -2.09. The lowest BCUT2D eigenvalue weighted by molar-refractivity contribution is -0.141. The highest BCUT2D eigenvalue weighted by Gasteiger charge is 2.56. The molecule has 42 heavy (non-hydrogen) atoms. The number of hydrogen-bond acceptors (Lipinski definition) is 5. The molecular weight excluding hydrogens is 540 g/mol. The summed E-state index contributed by atoms with van der Waals surface area (Å²) >= 11 is 0. The van der Waals surface area contributed by atoms with Crippen molar-refractivity contribution >= 4 is 8.32 Å². The Morgan fingerprint density at radius 2 is 1.57 bits per heavy atom. The first kappa shape index (κ1) is 33.1. The summed E-state index contributed by atoms with van der Waals surface area (Å²) < 4.78 is 33.2. The van der Waals surface area contributed by atoms with Gasteiger partial charge in [-0.15, -0.1) is 6.58 Å². The quantitative estimate of drug-likeness (QED) is 0.0948. The molecule has 232 valence electrons. The molecule has 2 aliphatic rings. The first-order chi connectivity index (χ1) is 19.9. The van der Waals surface area contributed by atoms with Gasteiger partial charge < -0.3 is 23.4 Å². The number of hydrogen-bond donors (Lipinski definition) is 0. The molecule has 2 heterocycles. The van der Waals surface area contributed by atoms with Gasteiger partial charge in [0.25, 0.3) is 0 Å². The lowest BCUT2D eigenvalue weighted by atomic mass is 9.88. The van der Waals surface area contributed by atoms with Crippen LogP contribution in [0.3, 0.4) is 0 Å². The second-order valence-corrected chi connectivity index (χ2v) is 18.8. The lowest BCUT2D eigenvalue weighted by Crippen LogP contribution is -2.54. The van der Waals surface area contributed by atoms with Gasteiger partial charge in [0.05, 0.1) is 43.2 Å². The van der Waals surface area contributed by atoms with Gasteiger partial charge in [0.1, 0.15) is 5.60 Å². The molecule has 0 amide bonds. The van der Waals surface area contributed by atoms with E-state index < -0.39 is 13.9 Å². The molecule has 0 aliphatic carbocycles. The van der Waals surface area contributed by atoms with Crippen LogP contribution in [-0.2, 0) is 36.6 Å². The largest absolute Gasteiger partial charge is 0.409 e. The second kappa shape index (κ2) is 13.9. The molecule has 0 bridgehead atoms. The van der Waals surface area contributed by atoms with Crippen LogP contribution in [-0.4, -0.2) is 50.5 Å². The average molecular weight is 595 g/mol. The lowest BCUT2D eigenvalue weighted by Gasteiger charge is -2.47. The molecule has 2 saturated heterocycles. The highest BCUT2D eigenvalue weighted by molar-refractivity contribution is 6.74. The minimum absolute atomic E-state index is 0.0300. The van der Waals surface area contributed by atoms with Crippen LogP contribution in [0.2, 0.25) is 18.1 Å². The molecule has 6 heteroatoms. The van der Waals surface area contributed by atoms with Crippen LogP contribution >= 0.6 is 0 Å². The van der Waals surface area contributed by atoms with E-state index in [0.29, 0.717) is 19.8 Å². The fourth-order valence-corrected chi connectivity index (χ4v) is 7.38. The van der Waals surface area contributed by atoms with Gasteiger partial charge in [-0.1, -0.05) is 87.5 Å². The van der Waals surface area contributed by atoms with E-state index in [2.05, 4.69) is 103 Å². The summed E-state index contributed by atoms with van der Waals surface area (Å²) in [5.74, 6) is 0. The summed E-state index contributed by atoms with van der Waals surface area (Å²) in [6.45, 7) is 21.9. The third-order valence-corrected chi connectivity index (χ3v) is 14.3. The Labute approximate surface area is 256 Å². The van der Waals surface area contributed by atoms with Gasteiger partial charge in [-0.05, 0) is 68.8 Å². The van der Waals surface area contributed by atoms with E-state index in [4.69, 9.17) is 23.4 Å². The molecule has 0 unspecified atom stereocenters. The minimum Gasteiger partial charge on any atom is -0.409 e. The second-order valence-electron chi connectivity index (χ2n) is 14.1. The highest BCUT2D eigenvalue weighted by Crippen LogP contribution is 2.47. The van der Waals surface area contributed by atoms with Crippen LogP contribution in [0, 0.1) is 0 Å². The van der Waals surface area contributed by atoms with Gasteiger partial charge in [0, 0.05) is 13.0 Å². The number of ether oxygens (including phenoxy) is 4. The van der Waals surface area contributed by atoms with Crippen molar-refractivity contribution in [2.75, 3.05) is 6.61 Å². The van der Waals surface area contributed by atoms with E-state index >= 15 is 0 Å². The van der Waals surface area contributed by atoms with Crippen LogP contribution in [0.1, 0.15) is 77.8 Å². The third-order valence-electron chi connectivity index (χ3n) is 9.66. The Bertz CT molecular complexity index is 1120. The van der Waals surface area contributed by atoms with Crippen LogP contribution < -0.4 is 0 Å². The first-order valence-corrected chi connectivity index (χ1v) is 18.7. The van der Waals surface area contributed by atoms with Crippen molar-refractivity contribution in [1.29, 1.82) is 0 Å². The number of rotatable bonds is 14. The van der Waals surface area contributed by atoms with Gasteiger partial charge in [-0.25, -0.2) is 0 Å². The molecule has 2 aliphatic heterocycles. The van der Waals surface area contributed by atoms with E-state index in [-0.39, 0.29) is 35.1 Å². The van der Waals surface area contributed by atoms with Crippen molar-refractivity contribution < 1.29 is 23.4 Å². The number of benzene rings is 2. The molecule has 6 atom stereocenters. The smallest absolute Gasteiger partial charge is 0.192 e.